The van der Waals surface area contributed by atoms with E-state index in [1.807, 2.05) is 24.3 Å². The van der Waals surface area contributed by atoms with Gasteiger partial charge >= 0.3 is 0 Å². The van der Waals surface area contributed by atoms with Crippen LogP contribution in [0.5, 0.6) is 0 Å². The Bertz CT molecular complexity index is 955. The van der Waals surface area contributed by atoms with E-state index in [0.717, 1.165) is 9.86 Å². The van der Waals surface area contributed by atoms with Crippen LogP contribution in [0.2, 0.25) is 0 Å². The number of sulfonamides is 1. The van der Waals surface area contributed by atoms with Crippen molar-refractivity contribution in [2.45, 2.75) is 11.8 Å². The van der Waals surface area contributed by atoms with Crippen LogP contribution in [0, 0.1) is 6.92 Å². The molecule has 2 aromatic carbocycles. The van der Waals surface area contributed by atoms with Gasteiger partial charge in [-0.3, -0.25) is 9.71 Å². The third-order valence-electron chi connectivity index (χ3n) is 3.30. The van der Waals surface area contributed by atoms with Crippen LogP contribution in [-0.4, -0.2) is 13.4 Å². The average Bonchev–Trinajstić information content (AvgIpc) is 2.47. The molecule has 1 N–H and O–H groups in total. The summed E-state index contributed by atoms with van der Waals surface area (Å²) in [6, 6.07) is 14.2. The van der Waals surface area contributed by atoms with Crippen LogP contribution in [0.4, 0.5) is 5.69 Å². The first-order valence-corrected chi connectivity index (χ1v) is 8.88. The summed E-state index contributed by atoms with van der Waals surface area (Å²) in [5, 5.41) is 0.861. The van der Waals surface area contributed by atoms with Crippen LogP contribution >= 0.6 is 15.9 Å². The Morgan fingerprint density at radius 2 is 1.86 bits per heavy atom. The van der Waals surface area contributed by atoms with Gasteiger partial charge in [-0.05, 0) is 36.8 Å². The van der Waals surface area contributed by atoms with Crippen LogP contribution in [0.25, 0.3) is 10.9 Å². The Balaban J connectivity index is 2.12. The molecule has 0 spiro atoms. The minimum Gasteiger partial charge on any atom is -0.277 e. The van der Waals surface area contributed by atoms with E-state index in [9.17, 15) is 8.42 Å². The molecule has 0 bridgehead atoms. The average molecular weight is 377 g/mol. The van der Waals surface area contributed by atoms with Crippen molar-refractivity contribution < 1.29 is 8.42 Å². The topological polar surface area (TPSA) is 59.1 Å². The zero-order valence-electron chi connectivity index (χ0n) is 11.7. The van der Waals surface area contributed by atoms with Gasteiger partial charge in [0.15, 0.2) is 0 Å². The smallest absolute Gasteiger partial charge is 0.262 e. The maximum atomic E-state index is 12.6. The van der Waals surface area contributed by atoms with Crippen LogP contribution < -0.4 is 4.72 Å². The zero-order valence-corrected chi connectivity index (χ0v) is 14.1. The van der Waals surface area contributed by atoms with E-state index >= 15 is 0 Å². The van der Waals surface area contributed by atoms with Gasteiger partial charge in [0, 0.05) is 16.1 Å². The summed E-state index contributed by atoms with van der Waals surface area (Å²) in [4.78, 5) is 4.54. The lowest BCUT2D eigenvalue weighted by atomic mass is 10.2. The largest absolute Gasteiger partial charge is 0.277 e. The Labute approximate surface area is 137 Å². The molecule has 0 aliphatic rings. The lowest BCUT2D eigenvalue weighted by molar-refractivity contribution is 0.600. The highest BCUT2D eigenvalue weighted by Crippen LogP contribution is 2.29. The fourth-order valence-corrected chi connectivity index (χ4v) is 4.07. The summed E-state index contributed by atoms with van der Waals surface area (Å²) in [5.41, 5.74) is 1.76. The maximum absolute atomic E-state index is 12.6. The van der Waals surface area contributed by atoms with Gasteiger partial charge in [-0.1, -0.05) is 40.2 Å². The van der Waals surface area contributed by atoms with Crippen molar-refractivity contribution in [2.75, 3.05) is 4.72 Å². The number of halogens is 1. The van der Waals surface area contributed by atoms with E-state index in [1.165, 1.54) is 0 Å². The number of hydrogen-bond acceptors (Lipinski definition) is 3. The quantitative estimate of drug-likeness (QED) is 0.748. The molecule has 112 valence electrons. The van der Waals surface area contributed by atoms with Gasteiger partial charge in [0.2, 0.25) is 0 Å². The Kier molecular flexibility index (Phi) is 3.88. The molecular weight excluding hydrogens is 364 g/mol. The second-order valence-electron chi connectivity index (χ2n) is 4.90. The molecule has 0 aliphatic carbocycles. The number of aromatic nitrogens is 1. The predicted octanol–water partition coefficient (Wildman–Crippen LogP) is 4.11. The molecule has 1 aromatic heterocycles. The molecule has 3 rings (SSSR count). The highest BCUT2D eigenvalue weighted by molar-refractivity contribution is 9.10. The van der Waals surface area contributed by atoms with Crippen LogP contribution in [-0.2, 0) is 10.0 Å². The maximum Gasteiger partial charge on any atom is 0.262 e. The molecule has 4 nitrogen and oxygen atoms in total. The molecule has 0 amide bonds. The Hall–Kier alpha value is -1.92. The molecule has 22 heavy (non-hydrogen) atoms. The molecule has 0 unspecified atom stereocenters. The minimum atomic E-state index is -3.66. The first-order valence-electron chi connectivity index (χ1n) is 6.60. The number of nitrogens with one attached hydrogen (secondary N) is 1. The Morgan fingerprint density at radius 3 is 2.64 bits per heavy atom. The van der Waals surface area contributed by atoms with Crippen molar-refractivity contribution in [3.05, 3.63) is 64.8 Å². The monoisotopic (exact) mass is 376 g/mol. The van der Waals surface area contributed by atoms with Crippen molar-refractivity contribution in [1.82, 2.24) is 4.98 Å². The number of aryl methyl sites for hydroxylation is 1. The summed E-state index contributed by atoms with van der Waals surface area (Å²) in [7, 11) is -3.66. The van der Waals surface area contributed by atoms with Crippen LogP contribution in [0.1, 0.15) is 5.56 Å². The number of anilines is 1. The van der Waals surface area contributed by atoms with E-state index in [2.05, 4.69) is 25.6 Å². The molecule has 1 heterocycles. The van der Waals surface area contributed by atoms with Gasteiger partial charge in [-0.25, -0.2) is 8.42 Å². The van der Waals surface area contributed by atoms with Gasteiger partial charge in [0.1, 0.15) is 0 Å². The van der Waals surface area contributed by atoms with Crippen molar-refractivity contribution in [2.24, 2.45) is 0 Å². The van der Waals surface area contributed by atoms with Gasteiger partial charge < -0.3 is 0 Å². The third-order valence-corrected chi connectivity index (χ3v) is 5.28. The van der Waals surface area contributed by atoms with Gasteiger partial charge in [-0.15, -0.1) is 0 Å². The standard InChI is InChI=1S/C16H13BrN2O2S/c1-11-5-2-3-7-15(11)22(20,21)19-14-10-13(17)9-12-6-4-8-18-16(12)14/h2-10,19H,1H3. The Morgan fingerprint density at radius 1 is 1.09 bits per heavy atom. The van der Waals surface area contributed by atoms with Crippen LogP contribution in [0.15, 0.2) is 64.1 Å². The summed E-state index contributed by atoms with van der Waals surface area (Å²) in [6.07, 6.45) is 1.64. The summed E-state index contributed by atoms with van der Waals surface area (Å²) in [6.45, 7) is 1.77. The molecule has 0 saturated heterocycles. The lowest BCUT2D eigenvalue weighted by Gasteiger charge is -2.12. The summed E-state index contributed by atoms with van der Waals surface area (Å²) < 4.78 is 28.7. The molecular formula is C16H13BrN2O2S. The fourth-order valence-electron chi connectivity index (χ4n) is 2.29. The van der Waals surface area contributed by atoms with E-state index in [0.29, 0.717) is 16.8 Å². The second kappa shape index (κ2) is 5.70. The third kappa shape index (κ3) is 2.84. The molecule has 0 saturated carbocycles. The summed E-state index contributed by atoms with van der Waals surface area (Å²) in [5.74, 6) is 0. The van der Waals surface area contributed by atoms with E-state index in [1.54, 1.807) is 37.4 Å². The molecule has 0 atom stereocenters. The van der Waals surface area contributed by atoms with Crippen molar-refractivity contribution >= 4 is 42.5 Å². The first kappa shape index (κ1) is 15.0. The van der Waals surface area contributed by atoms with E-state index in [4.69, 9.17) is 0 Å². The molecule has 0 fully saturated rings. The normalized spacial score (nSPS) is 11.5. The second-order valence-corrected chi connectivity index (χ2v) is 7.47. The number of fused-ring (bicyclic) bond motifs is 1. The lowest BCUT2D eigenvalue weighted by Crippen LogP contribution is -2.14. The number of pyridine rings is 1. The molecule has 0 aliphatic heterocycles. The predicted molar refractivity (Wildman–Crippen MR) is 91.4 cm³/mol. The van der Waals surface area contributed by atoms with Gasteiger partial charge in [0.05, 0.1) is 16.1 Å². The number of nitrogens with zero attached hydrogens (tertiary/aromatic N) is 1. The minimum absolute atomic E-state index is 0.263. The van der Waals surface area contributed by atoms with E-state index in [-0.39, 0.29) is 4.90 Å². The number of benzene rings is 2. The van der Waals surface area contributed by atoms with Gasteiger partial charge in [-0.2, -0.15) is 0 Å². The summed E-state index contributed by atoms with van der Waals surface area (Å²) >= 11 is 3.40. The molecule has 3 aromatic rings. The molecule has 0 radical (unpaired) electrons. The van der Waals surface area contributed by atoms with E-state index < -0.39 is 10.0 Å². The number of rotatable bonds is 3. The number of hydrogen-bond donors (Lipinski definition) is 1. The fraction of sp³-hybridized carbons (Fsp3) is 0.0625. The zero-order chi connectivity index (χ0) is 15.7. The van der Waals surface area contributed by atoms with Crippen molar-refractivity contribution in [1.29, 1.82) is 0 Å². The highest BCUT2D eigenvalue weighted by Gasteiger charge is 2.18. The van der Waals surface area contributed by atoms with Gasteiger partial charge in [0.25, 0.3) is 10.0 Å². The van der Waals surface area contributed by atoms with Crippen molar-refractivity contribution in [3.63, 3.8) is 0 Å². The van der Waals surface area contributed by atoms with Crippen LogP contribution in [0.3, 0.4) is 0 Å². The highest BCUT2D eigenvalue weighted by atomic mass is 79.9. The first-order chi connectivity index (χ1) is 10.5. The van der Waals surface area contributed by atoms with Crippen molar-refractivity contribution in [3.8, 4) is 0 Å². The SMILES string of the molecule is Cc1ccccc1S(=O)(=O)Nc1cc(Br)cc2cccnc12. The molecule has 6 heteroatoms.